The highest BCUT2D eigenvalue weighted by atomic mass is 79.9. The number of methoxy groups -OCH3 is 1. The van der Waals surface area contributed by atoms with Crippen LogP contribution in [0.25, 0.3) is 16.6 Å². The molecule has 1 saturated heterocycles. The number of piperazine rings is 1. The van der Waals surface area contributed by atoms with Gasteiger partial charge in [0.25, 0.3) is 0 Å². The summed E-state index contributed by atoms with van der Waals surface area (Å²) < 4.78 is 6.47. The SMILES string of the molecule is CC.CC(C)(C)O.CCCC.CN.COC1NC=C(Br)C=C1c1nc2ccc(N3CCNCC3)cc2[nH]1. The van der Waals surface area contributed by atoms with Crippen molar-refractivity contribution in [3.63, 3.8) is 0 Å². The number of nitrogens with one attached hydrogen (secondary N) is 3. The minimum Gasteiger partial charge on any atom is -0.391 e. The van der Waals surface area contributed by atoms with Crippen molar-refractivity contribution in [2.24, 2.45) is 5.73 Å². The lowest BCUT2D eigenvalue weighted by Gasteiger charge is -2.29. The summed E-state index contributed by atoms with van der Waals surface area (Å²) in [4.78, 5) is 10.6. The predicted molar refractivity (Wildman–Crippen MR) is 164 cm³/mol. The molecule has 3 heterocycles. The van der Waals surface area contributed by atoms with E-state index >= 15 is 0 Å². The molecule has 1 aromatic carbocycles. The number of hydrogen-bond donors (Lipinski definition) is 5. The van der Waals surface area contributed by atoms with Crippen LogP contribution in [-0.4, -0.2) is 67.2 Å². The van der Waals surface area contributed by atoms with Gasteiger partial charge in [0.1, 0.15) is 5.82 Å². The summed E-state index contributed by atoms with van der Waals surface area (Å²) >= 11 is 3.50. The number of benzene rings is 1. The van der Waals surface area contributed by atoms with E-state index in [1.165, 1.54) is 25.6 Å². The van der Waals surface area contributed by atoms with Crippen LogP contribution in [-0.2, 0) is 4.74 Å². The molecule has 0 bridgehead atoms. The molecule has 37 heavy (non-hydrogen) atoms. The number of nitrogens with two attached hydrogens (primary N) is 1. The number of halogens is 1. The van der Waals surface area contributed by atoms with Gasteiger partial charge in [-0.05, 0) is 68.0 Å². The first kappa shape index (κ1) is 35.1. The molecule has 1 aromatic heterocycles. The van der Waals surface area contributed by atoms with Gasteiger partial charge < -0.3 is 36.1 Å². The smallest absolute Gasteiger partial charge is 0.156 e. The van der Waals surface area contributed by atoms with Crippen molar-refractivity contribution < 1.29 is 9.84 Å². The van der Waals surface area contributed by atoms with E-state index < -0.39 is 5.60 Å². The van der Waals surface area contributed by atoms with Gasteiger partial charge in [0.05, 0.1) is 16.6 Å². The van der Waals surface area contributed by atoms with Gasteiger partial charge in [-0.25, -0.2) is 4.98 Å². The van der Waals surface area contributed by atoms with Crippen LogP contribution in [0.4, 0.5) is 5.69 Å². The number of aromatic nitrogens is 2. The number of allylic oxidation sites excluding steroid dienone is 2. The van der Waals surface area contributed by atoms with Gasteiger partial charge in [-0.1, -0.05) is 40.5 Å². The van der Waals surface area contributed by atoms with Crippen molar-refractivity contribution in [1.29, 1.82) is 0 Å². The van der Waals surface area contributed by atoms with Crippen molar-refractivity contribution in [2.45, 2.75) is 73.1 Å². The van der Waals surface area contributed by atoms with E-state index in [-0.39, 0.29) is 6.23 Å². The molecule has 1 unspecified atom stereocenters. The van der Waals surface area contributed by atoms with Crippen molar-refractivity contribution in [3.05, 3.63) is 40.8 Å². The fourth-order valence-electron chi connectivity index (χ4n) is 3.15. The number of dihydropyridines is 1. The molecule has 0 spiro atoms. The normalized spacial score (nSPS) is 16.6. The summed E-state index contributed by atoms with van der Waals surface area (Å²) in [5.74, 6) is 0.826. The number of unbranched alkanes of at least 4 members (excludes halogenated alkanes) is 1. The summed E-state index contributed by atoms with van der Waals surface area (Å²) in [7, 11) is 3.18. The molecular formula is C28H51BrN6O2. The van der Waals surface area contributed by atoms with E-state index in [0.29, 0.717) is 0 Å². The van der Waals surface area contributed by atoms with E-state index in [9.17, 15) is 0 Å². The lowest BCUT2D eigenvalue weighted by atomic mass is 10.1. The maximum atomic E-state index is 8.52. The summed E-state index contributed by atoms with van der Waals surface area (Å²) in [6, 6.07) is 6.41. The molecule has 6 N–H and O–H groups in total. The zero-order valence-electron chi connectivity index (χ0n) is 24.4. The number of nitrogens with zero attached hydrogens (tertiary/aromatic N) is 2. The second kappa shape index (κ2) is 19.2. The fraction of sp³-hybridized carbons (Fsp3) is 0.607. The zero-order valence-corrected chi connectivity index (χ0v) is 26.0. The minimum atomic E-state index is -0.500. The number of H-pyrrole nitrogens is 1. The van der Waals surface area contributed by atoms with Gasteiger partial charge in [0, 0.05) is 55.2 Å². The first-order valence-corrected chi connectivity index (χ1v) is 14.1. The monoisotopic (exact) mass is 582 g/mol. The standard InChI is InChI=1S/C17H20BrN5O.C4H10O.C4H10.C2H6.CH5N/c1-24-17-13(8-11(18)10-20-17)16-21-14-3-2-12(9-15(14)22-16)23-6-4-19-5-7-23;1-4(2,3)5;1-3-4-2;2*1-2/h2-3,8-10,17,19-20H,4-7H2,1H3,(H,21,22);5H,1-3H3;3-4H2,1-2H3;1-2H3;2H2,1H3. The summed E-state index contributed by atoms with van der Waals surface area (Å²) in [6.07, 6.45) is 6.34. The zero-order chi connectivity index (χ0) is 28.4. The van der Waals surface area contributed by atoms with Crippen LogP contribution in [0.2, 0.25) is 0 Å². The number of imidazole rings is 1. The van der Waals surface area contributed by atoms with Gasteiger partial charge in [0.2, 0.25) is 0 Å². The molecule has 4 rings (SSSR count). The number of fused-ring (bicyclic) bond motifs is 1. The van der Waals surface area contributed by atoms with Crippen LogP contribution in [0.3, 0.4) is 0 Å². The summed E-state index contributed by atoms with van der Waals surface area (Å²) in [5.41, 5.74) is 8.22. The molecule has 1 fully saturated rings. The summed E-state index contributed by atoms with van der Waals surface area (Å²) in [6.45, 7) is 17.7. The first-order valence-electron chi connectivity index (χ1n) is 13.3. The van der Waals surface area contributed by atoms with E-state index in [2.05, 4.69) is 74.2 Å². The maximum Gasteiger partial charge on any atom is 0.156 e. The average molecular weight is 584 g/mol. The number of anilines is 1. The van der Waals surface area contributed by atoms with E-state index in [1.807, 2.05) is 26.1 Å². The highest BCUT2D eigenvalue weighted by Crippen LogP contribution is 2.28. The van der Waals surface area contributed by atoms with Gasteiger partial charge in [-0.3, -0.25) is 0 Å². The third kappa shape index (κ3) is 13.4. The summed E-state index contributed by atoms with van der Waals surface area (Å²) in [5, 5.41) is 15.1. The Morgan fingerprint density at radius 1 is 1.14 bits per heavy atom. The molecule has 9 heteroatoms. The molecule has 212 valence electrons. The Hall–Kier alpha value is -1.91. The van der Waals surface area contributed by atoms with Crippen LogP contribution < -0.4 is 21.3 Å². The first-order chi connectivity index (χ1) is 17.7. The van der Waals surface area contributed by atoms with Gasteiger partial charge in [0.15, 0.2) is 6.23 Å². The van der Waals surface area contributed by atoms with E-state index in [4.69, 9.17) is 14.8 Å². The van der Waals surface area contributed by atoms with Gasteiger partial charge >= 0.3 is 0 Å². The molecular weight excluding hydrogens is 532 g/mol. The van der Waals surface area contributed by atoms with E-state index in [1.54, 1.807) is 27.9 Å². The molecule has 1 atom stereocenters. The Kier molecular flexibility index (Phi) is 18.2. The van der Waals surface area contributed by atoms with Crippen molar-refractivity contribution >= 4 is 38.2 Å². The van der Waals surface area contributed by atoms with Gasteiger partial charge in [-0.15, -0.1) is 0 Å². The Labute approximate surface area is 233 Å². The highest BCUT2D eigenvalue weighted by Gasteiger charge is 2.21. The maximum absolute atomic E-state index is 8.52. The van der Waals surface area contributed by atoms with Crippen LogP contribution in [0.5, 0.6) is 0 Å². The molecule has 0 amide bonds. The Morgan fingerprint density at radius 2 is 1.70 bits per heavy atom. The second-order valence-corrected chi connectivity index (χ2v) is 10.0. The highest BCUT2D eigenvalue weighted by molar-refractivity contribution is 9.11. The number of aromatic amines is 1. The average Bonchev–Trinajstić information content (AvgIpc) is 3.34. The number of aliphatic hydroxyl groups is 1. The quantitative estimate of drug-likeness (QED) is 0.330. The van der Waals surface area contributed by atoms with Gasteiger partial charge in [-0.2, -0.15) is 0 Å². The molecule has 8 nitrogen and oxygen atoms in total. The van der Waals surface area contributed by atoms with E-state index in [0.717, 1.165) is 53.1 Å². The Bertz CT molecular complexity index is 922. The van der Waals surface area contributed by atoms with Crippen molar-refractivity contribution in [3.8, 4) is 0 Å². The van der Waals surface area contributed by atoms with Crippen LogP contribution in [0, 0.1) is 0 Å². The third-order valence-corrected chi connectivity index (χ3v) is 5.36. The van der Waals surface area contributed by atoms with Crippen molar-refractivity contribution in [2.75, 3.05) is 45.2 Å². The Balaban J connectivity index is 0.000000846. The molecule has 2 aromatic rings. The molecule has 0 radical (unpaired) electrons. The van der Waals surface area contributed by atoms with Crippen molar-refractivity contribution in [1.82, 2.24) is 20.6 Å². The largest absolute Gasteiger partial charge is 0.391 e. The lowest BCUT2D eigenvalue weighted by molar-refractivity contribution is 0.102. The Morgan fingerprint density at radius 3 is 2.22 bits per heavy atom. The number of hydrogen-bond acceptors (Lipinski definition) is 7. The molecule has 0 saturated carbocycles. The number of ether oxygens (including phenoxy) is 1. The minimum absolute atomic E-state index is 0.209. The topological polar surface area (TPSA) is 111 Å². The molecule has 0 aliphatic carbocycles. The third-order valence-electron chi connectivity index (χ3n) is 4.91. The molecule has 2 aliphatic heterocycles. The van der Waals surface area contributed by atoms with Crippen LogP contribution in [0.1, 0.15) is 67.1 Å². The second-order valence-electron chi connectivity index (χ2n) is 9.11. The number of rotatable bonds is 4. The predicted octanol–water partition coefficient (Wildman–Crippen LogP) is 5.35. The molecule has 2 aliphatic rings. The lowest BCUT2D eigenvalue weighted by Crippen LogP contribution is -2.43. The fourth-order valence-corrected chi connectivity index (χ4v) is 3.53. The van der Waals surface area contributed by atoms with Crippen LogP contribution in [0.15, 0.2) is 35.0 Å². The van der Waals surface area contributed by atoms with Crippen LogP contribution >= 0.6 is 15.9 Å².